The molecule has 2 N–H and O–H groups in total. The van der Waals surface area contributed by atoms with Crippen LogP contribution in [0.25, 0.3) is 5.52 Å². The first-order valence-electron chi connectivity index (χ1n) is 12.4. The van der Waals surface area contributed by atoms with Crippen LogP contribution >= 0.6 is 0 Å². The molecule has 2 unspecified atom stereocenters. The minimum Gasteiger partial charge on any atom is -0.335 e. The normalized spacial score (nSPS) is 20.5. The second kappa shape index (κ2) is 8.58. The van der Waals surface area contributed by atoms with E-state index in [1.54, 1.807) is 17.3 Å². The Morgan fingerprint density at radius 3 is 2.70 bits per heavy atom. The maximum atomic E-state index is 13.9. The van der Waals surface area contributed by atoms with Gasteiger partial charge >= 0.3 is 0 Å². The number of amides is 3. The fourth-order valence-corrected chi connectivity index (χ4v) is 5.70. The van der Waals surface area contributed by atoms with Gasteiger partial charge < -0.3 is 19.9 Å². The monoisotopic (exact) mass is 493 g/mol. The van der Waals surface area contributed by atoms with E-state index in [1.807, 2.05) is 71.3 Å². The van der Waals surface area contributed by atoms with E-state index in [2.05, 4.69) is 29.5 Å². The number of aromatic nitrogens is 2. The molecular formula is C29H27N5O3. The molecule has 1 fully saturated rings. The fraction of sp³-hybridized carbons (Fsp3) is 0.241. The second-order valence-corrected chi connectivity index (χ2v) is 10.1. The SMILES string of the molecule is CC(C)c1ccccc1NC(=O)C1CN(C(=O)c2cc3cccn3cn2)CC12C(=O)Nc1ccccc12. The zero-order valence-corrected chi connectivity index (χ0v) is 20.6. The van der Waals surface area contributed by atoms with Gasteiger partial charge in [0, 0.05) is 36.2 Å². The summed E-state index contributed by atoms with van der Waals surface area (Å²) in [4.78, 5) is 47.1. The van der Waals surface area contributed by atoms with Crippen LogP contribution in [-0.2, 0) is 15.0 Å². The molecule has 37 heavy (non-hydrogen) atoms. The van der Waals surface area contributed by atoms with E-state index in [9.17, 15) is 14.4 Å². The zero-order chi connectivity index (χ0) is 25.7. The van der Waals surface area contributed by atoms with Crippen LogP contribution in [0.4, 0.5) is 11.4 Å². The van der Waals surface area contributed by atoms with Crippen LogP contribution < -0.4 is 10.6 Å². The lowest BCUT2D eigenvalue weighted by Gasteiger charge is -2.28. The van der Waals surface area contributed by atoms with Gasteiger partial charge in [-0.15, -0.1) is 0 Å². The molecule has 2 aliphatic heterocycles. The van der Waals surface area contributed by atoms with Crippen molar-refractivity contribution in [2.45, 2.75) is 25.2 Å². The van der Waals surface area contributed by atoms with Crippen molar-refractivity contribution in [2.24, 2.45) is 5.92 Å². The molecule has 2 aromatic heterocycles. The van der Waals surface area contributed by atoms with Gasteiger partial charge in [0.15, 0.2) is 0 Å². The van der Waals surface area contributed by atoms with Crippen LogP contribution in [0.5, 0.6) is 0 Å². The predicted octanol–water partition coefficient (Wildman–Crippen LogP) is 4.06. The Morgan fingerprint density at radius 2 is 1.86 bits per heavy atom. The van der Waals surface area contributed by atoms with Crippen molar-refractivity contribution >= 4 is 34.6 Å². The third kappa shape index (κ3) is 3.59. The molecule has 3 amide bonds. The van der Waals surface area contributed by atoms with Gasteiger partial charge in [0.1, 0.15) is 11.1 Å². The molecule has 1 spiro atoms. The molecule has 0 saturated carbocycles. The maximum absolute atomic E-state index is 13.9. The Balaban J connectivity index is 1.39. The molecule has 4 aromatic rings. The minimum absolute atomic E-state index is 0.0897. The summed E-state index contributed by atoms with van der Waals surface area (Å²) in [5, 5.41) is 6.03. The lowest BCUT2D eigenvalue weighted by Crippen LogP contribution is -2.47. The number of fused-ring (bicyclic) bond motifs is 3. The number of carbonyl (C=O) groups is 3. The number of nitrogens with one attached hydrogen (secondary N) is 2. The van der Waals surface area contributed by atoms with Gasteiger partial charge in [-0.3, -0.25) is 14.4 Å². The number of rotatable bonds is 4. The maximum Gasteiger partial charge on any atom is 0.272 e. The highest BCUT2D eigenvalue weighted by molar-refractivity contribution is 6.12. The molecule has 1 saturated heterocycles. The number of hydrogen-bond acceptors (Lipinski definition) is 4. The second-order valence-electron chi connectivity index (χ2n) is 10.1. The Labute approximate surface area is 214 Å². The van der Waals surface area contributed by atoms with Crippen LogP contribution in [0.2, 0.25) is 0 Å². The van der Waals surface area contributed by atoms with E-state index in [1.165, 1.54) is 0 Å². The molecule has 2 atom stereocenters. The van der Waals surface area contributed by atoms with Crippen LogP contribution in [-0.4, -0.2) is 45.1 Å². The first-order valence-corrected chi connectivity index (χ1v) is 12.4. The van der Waals surface area contributed by atoms with Gasteiger partial charge in [-0.05, 0) is 47.4 Å². The summed E-state index contributed by atoms with van der Waals surface area (Å²) >= 11 is 0. The summed E-state index contributed by atoms with van der Waals surface area (Å²) in [7, 11) is 0. The molecule has 2 aliphatic rings. The van der Waals surface area contributed by atoms with Crippen molar-refractivity contribution < 1.29 is 14.4 Å². The van der Waals surface area contributed by atoms with E-state index < -0.39 is 11.3 Å². The van der Waals surface area contributed by atoms with E-state index in [-0.39, 0.29) is 42.4 Å². The zero-order valence-electron chi connectivity index (χ0n) is 20.6. The average molecular weight is 494 g/mol. The van der Waals surface area contributed by atoms with Crippen molar-refractivity contribution in [1.82, 2.24) is 14.3 Å². The third-order valence-corrected chi connectivity index (χ3v) is 7.58. The molecule has 8 heteroatoms. The molecule has 0 aliphatic carbocycles. The highest BCUT2D eigenvalue weighted by Crippen LogP contribution is 2.48. The number of hydrogen-bond donors (Lipinski definition) is 2. The van der Waals surface area contributed by atoms with Gasteiger partial charge in [-0.2, -0.15) is 0 Å². The number of benzene rings is 2. The molecule has 4 heterocycles. The van der Waals surface area contributed by atoms with Crippen molar-refractivity contribution in [2.75, 3.05) is 23.7 Å². The topological polar surface area (TPSA) is 95.8 Å². The van der Waals surface area contributed by atoms with Gasteiger partial charge in [0.2, 0.25) is 11.8 Å². The van der Waals surface area contributed by atoms with Crippen LogP contribution in [0, 0.1) is 5.92 Å². The minimum atomic E-state index is -1.19. The molecule has 0 radical (unpaired) electrons. The van der Waals surface area contributed by atoms with Crippen LogP contribution in [0.1, 0.15) is 41.4 Å². The number of likely N-dealkylation sites (tertiary alicyclic amines) is 1. The molecule has 2 aromatic carbocycles. The summed E-state index contributed by atoms with van der Waals surface area (Å²) in [6.07, 6.45) is 3.45. The first-order chi connectivity index (χ1) is 17.9. The first kappa shape index (κ1) is 23.0. The standard InChI is InChI=1S/C29H27N5O3/c1-18(2)20-9-3-5-11-23(20)31-26(35)22-15-34(27(36)25-14-19-8-7-13-33(19)17-30-25)16-29(22)21-10-4-6-12-24(21)32-28(29)37/h3-14,17-18,22H,15-16H2,1-2H3,(H,31,35)(H,32,37). The summed E-state index contributed by atoms with van der Waals surface area (Å²) in [5.41, 5.74) is 3.07. The smallest absolute Gasteiger partial charge is 0.272 e. The van der Waals surface area contributed by atoms with Crippen molar-refractivity contribution in [3.05, 3.63) is 96.1 Å². The van der Waals surface area contributed by atoms with E-state index in [0.717, 1.165) is 22.3 Å². The Bertz CT molecular complexity index is 1560. The highest BCUT2D eigenvalue weighted by atomic mass is 16.2. The van der Waals surface area contributed by atoms with E-state index in [0.29, 0.717) is 5.69 Å². The molecule has 186 valence electrons. The highest BCUT2D eigenvalue weighted by Gasteiger charge is 2.60. The largest absolute Gasteiger partial charge is 0.335 e. The molecule has 6 rings (SSSR count). The predicted molar refractivity (Wildman–Crippen MR) is 140 cm³/mol. The van der Waals surface area contributed by atoms with E-state index in [4.69, 9.17) is 0 Å². The number of para-hydroxylation sites is 2. The number of anilines is 2. The number of nitrogens with zero attached hydrogens (tertiary/aromatic N) is 3. The van der Waals surface area contributed by atoms with Crippen LogP contribution in [0.3, 0.4) is 0 Å². The van der Waals surface area contributed by atoms with Gasteiger partial charge in [0.25, 0.3) is 5.91 Å². The molecule has 0 bridgehead atoms. The lowest BCUT2D eigenvalue weighted by molar-refractivity contribution is -0.128. The Hall–Kier alpha value is -4.46. The van der Waals surface area contributed by atoms with Crippen molar-refractivity contribution in [3.63, 3.8) is 0 Å². The van der Waals surface area contributed by atoms with Gasteiger partial charge in [0.05, 0.1) is 12.2 Å². The van der Waals surface area contributed by atoms with Gasteiger partial charge in [-0.25, -0.2) is 4.98 Å². The Kier molecular flexibility index (Phi) is 5.33. The van der Waals surface area contributed by atoms with E-state index >= 15 is 0 Å². The average Bonchev–Trinajstić information content (AvgIpc) is 3.60. The fourth-order valence-electron chi connectivity index (χ4n) is 5.70. The van der Waals surface area contributed by atoms with Crippen molar-refractivity contribution in [1.29, 1.82) is 0 Å². The summed E-state index contributed by atoms with van der Waals surface area (Å²) in [5.74, 6) is -1.44. The Morgan fingerprint density at radius 1 is 1.08 bits per heavy atom. The molecule has 8 nitrogen and oxygen atoms in total. The van der Waals surface area contributed by atoms with Crippen molar-refractivity contribution in [3.8, 4) is 0 Å². The summed E-state index contributed by atoms with van der Waals surface area (Å²) in [6.45, 7) is 4.33. The third-order valence-electron chi connectivity index (χ3n) is 7.58. The summed E-state index contributed by atoms with van der Waals surface area (Å²) < 4.78 is 1.82. The molecular weight excluding hydrogens is 466 g/mol. The van der Waals surface area contributed by atoms with Gasteiger partial charge in [-0.1, -0.05) is 50.2 Å². The van der Waals surface area contributed by atoms with Crippen LogP contribution in [0.15, 0.2) is 79.3 Å². The quantitative estimate of drug-likeness (QED) is 0.448. The lowest BCUT2D eigenvalue weighted by atomic mass is 9.73. The number of carbonyl (C=O) groups excluding carboxylic acids is 3. The summed E-state index contributed by atoms with van der Waals surface area (Å²) in [6, 6.07) is 20.6.